The fraction of sp³-hybridized carbons (Fsp3) is 0. The van der Waals surface area contributed by atoms with E-state index in [1.54, 1.807) is 0 Å². The first-order valence-corrected chi connectivity index (χ1v) is 9.28. The molecule has 5 rings (SSSR count). The number of benzene rings is 4. The van der Waals surface area contributed by atoms with Gasteiger partial charge in [-0.1, -0.05) is 78.9 Å². The van der Waals surface area contributed by atoms with Crippen LogP contribution in [-0.4, -0.2) is 22.2 Å². The lowest BCUT2D eigenvalue weighted by atomic mass is 9.74. The van der Waals surface area contributed by atoms with Crippen LogP contribution < -0.4 is 5.46 Å². The maximum Gasteiger partial charge on any atom is 0.491 e. The van der Waals surface area contributed by atoms with E-state index in [4.69, 9.17) is 0 Å². The van der Waals surface area contributed by atoms with Crippen LogP contribution in [0.2, 0.25) is 0 Å². The zero-order valence-electron chi connectivity index (χ0n) is 15.1. The number of aromatic amines is 1. The molecule has 0 radical (unpaired) electrons. The van der Waals surface area contributed by atoms with Crippen LogP contribution in [0, 0.1) is 0 Å². The van der Waals surface area contributed by atoms with E-state index in [-0.39, 0.29) is 0 Å². The SMILES string of the molecule is OB(O)c1c(-c2cccc(-c3ccccc3)c2)ccc2c1[nH]c1ccccc12. The molecule has 134 valence electrons. The van der Waals surface area contributed by atoms with Crippen molar-refractivity contribution in [2.75, 3.05) is 0 Å². The molecule has 0 amide bonds. The second kappa shape index (κ2) is 6.68. The number of hydrogen-bond donors (Lipinski definition) is 3. The van der Waals surface area contributed by atoms with E-state index < -0.39 is 7.12 Å². The number of hydrogen-bond acceptors (Lipinski definition) is 2. The fourth-order valence-corrected chi connectivity index (χ4v) is 3.96. The highest BCUT2D eigenvalue weighted by Gasteiger charge is 2.22. The van der Waals surface area contributed by atoms with Gasteiger partial charge in [0.05, 0.1) is 0 Å². The molecule has 0 spiro atoms. The highest BCUT2D eigenvalue weighted by molar-refractivity contribution is 6.64. The van der Waals surface area contributed by atoms with Gasteiger partial charge in [-0.25, -0.2) is 0 Å². The van der Waals surface area contributed by atoms with Crippen molar-refractivity contribution in [3.8, 4) is 22.3 Å². The molecule has 0 aliphatic heterocycles. The predicted octanol–water partition coefficient (Wildman–Crippen LogP) is 4.33. The average Bonchev–Trinajstić information content (AvgIpc) is 3.12. The predicted molar refractivity (Wildman–Crippen MR) is 117 cm³/mol. The zero-order valence-corrected chi connectivity index (χ0v) is 15.1. The summed E-state index contributed by atoms with van der Waals surface area (Å²) in [6, 6.07) is 30.3. The van der Waals surface area contributed by atoms with Gasteiger partial charge in [0, 0.05) is 27.3 Å². The number of fused-ring (bicyclic) bond motifs is 3. The molecule has 4 aromatic carbocycles. The Labute approximate surface area is 163 Å². The van der Waals surface area contributed by atoms with Gasteiger partial charge in [-0.3, -0.25) is 0 Å². The lowest BCUT2D eigenvalue weighted by molar-refractivity contribution is 0.426. The summed E-state index contributed by atoms with van der Waals surface area (Å²) in [5.74, 6) is 0. The Kier molecular flexibility index (Phi) is 4.01. The third kappa shape index (κ3) is 2.71. The highest BCUT2D eigenvalue weighted by atomic mass is 16.4. The molecule has 0 aliphatic rings. The summed E-state index contributed by atoms with van der Waals surface area (Å²) in [5.41, 5.74) is 6.22. The molecule has 5 aromatic rings. The minimum absolute atomic E-state index is 0.499. The molecule has 0 saturated heterocycles. The van der Waals surface area contributed by atoms with E-state index in [0.717, 1.165) is 44.1 Å². The van der Waals surface area contributed by atoms with Crippen molar-refractivity contribution in [1.29, 1.82) is 0 Å². The number of para-hydroxylation sites is 1. The molecule has 0 fully saturated rings. The largest absolute Gasteiger partial charge is 0.491 e. The van der Waals surface area contributed by atoms with Crippen molar-refractivity contribution in [3.63, 3.8) is 0 Å². The quantitative estimate of drug-likeness (QED) is 0.418. The van der Waals surface area contributed by atoms with Gasteiger partial charge in [0.15, 0.2) is 0 Å². The van der Waals surface area contributed by atoms with Crippen LogP contribution in [0.15, 0.2) is 91.0 Å². The van der Waals surface area contributed by atoms with Gasteiger partial charge in [0.2, 0.25) is 0 Å². The van der Waals surface area contributed by atoms with Gasteiger partial charge in [0.1, 0.15) is 0 Å². The standard InChI is InChI=1S/C24H18BNO2/c27-25(28)23-19(13-14-21-20-11-4-5-12-22(20)26-24(21)23)18-10-6-9-17(15-18)16-7-2-1-3-8-16/h1-15,26-28H. The topological polar surface area (TPSA) is 56.2 Å². The lowest BCUT2D eigenvalue weighted by Gasteiger charge is -2.12. The smallest absolute Gasteiger partial charge is 0.423 e. The molecule has 3 N–H and O–H groups in total. The molecule has 3 nitrogen and oxygen atoms in total. The van der Waals surface area contributed by atoms with Gasteiger partial charge in [-0.15, -0.1) is 0 Å². The van der Waals surface area contributed by atoms with Crippen LogP contribution in [0.25, 0.3) is 44.1 Å². The summed E-state index contributed by atoms with van der Waals surface area (Å²) < 4.78 is 0. The Morgan fingerprint density at radius 2 is 1.32 bits per heavy atom. The second-order valence-corrected chi connectivity index (χ2v) is 6.94. The molecule has 0 unspecified atom stereocenters. The molecular formula is C24H18BNO2. The summed E-state index contributed by atoms with van der Waals surface area (Å²) >= 11 is 0. The van der Waals surface area contributed by atoms with E-state index in [9.17, 15) is 10.0 Å². The van der Waals surface area contributed by atoms with Gasteiger partial charge in [0.25, 0.3) is 0 Å². The average molecular weight is 363 g/mol. The minimum Gasteiger partial charge on any atom is -0.423 e. The Morgan fingerprint density at radius 3 is 2.14 bits per heavy atom. The van der Waals surface area contributed by atoms with E-state index in [0.29, 0.717) is 5.46 Å². The van der Waals surface area contributed by atoms with Crippen molar-refractivity contribution in [3.05, 3.63) is 91.0 Å². The van der Waals surface area contributed by atoms with E-state index in [1.807, 2.05) is 66.7 Å². The Bertz CT molecular complexity index is 1290. The molecular weight excluding hydrogens is 345 g/mol. The van der Waals surface area contributed by atoms with Crippen LogP contribution in [0.1, 0.15) is 0 Å². The van der Waals surface area contributed by atoms with Crippen molar-refractivity contribution in [2.45, 2.75) is 0 Å². The Morgan fingerprint density at radius 1 is 0.607 bits per heavy atom. The van der Waals surface area contributed by atoms with Crippen LogP contribution in [-0.2, 0) is 0 Å². The fourth-order valence-electron chi connectivity index (χ4n) is 3.96. The van der Waals surface area contributed by atoms with Gasteiger partial charge in [-0.05, 0) is 34.4 Å². The molecule has 1 heterocycles. The summed E-state index contributed by atoms with van der Waals surface area (Å²) in [4.78, 5) is 3.36. The molecule has 0 aliphatic carbocycles. The number of rotatable bonds is 3. The van der Waals surface area contributed by atoms with Crippen molar-refractivity contribution < 1.29 is 10.0 Å². The minimum atomic E-state index is -1.58. The van der Waals surface area contributed by atoms with Crippen molar-refractivity contribution in [1.82, 2.24) is 4.98 Å². The summed E-state index contributed by atoms with van der Waals surface area (Å²) in [6.45, 7) is 0. The van der Waals surface area contributed by atoms with Gasteiger partial charge in [-0.2, -0.15) is 0 Å². The van der Waals surface area contributed by atoms with Crippen LogP contribution in [0.4, 0.5) is 0 Å². The first kappa shape index (κ1) is 16.8. The van der Waals surface area contributed by atoms with Crippen molar-refractivity contribution in [2.24, 2.45) is 0 Å². The summed E-state index contributed by atoms with van der Waals surface area (Å²) in [5, 5.41) is 22.5. The number of nitrogens with one attached hydrogen (secondary N) is 1. The molecule has 0 atom stereocenters. The monoisotopic (exact) mass is 363 g/mol. The van der Waals surface area contributed by atoms with E-state index in [1.165, 1.54) is 0 Å². The molecule has 0 bridgehead atoms. The second-order valence-electron chi connectivity index (χ2n) is 6.94. The van der Waals surface area contributed by atoms with Crippen LogP contribution in [0.3, 0.4) is 0 Å². The lowest BCUT2D eigenvalue weighted by Crippen LogP contribution is -2.32. The highest BCUT2D eigenvalue weighted by Crippen LogP contribution is 2.30. The summed E-state index contributed by atoms with van der Waals surface area (Å²) in [6.07, 6.45) is 0. The van der Waals surface area contributed by atoms with E-state index in [2.05, 4.69) is 29.2 Å². The number of aromatic nitrogens is 1. The molecule has 28 heavy (non-hydrogen) atoms. The van der Waals surface area contributed by atoms with E-state index >= 15 is 0 Å². The maximum atomic E-state index is 10.2. The third-order valence-corrected chi connectivity index (χ3v) is 5.26. The Balaban J connectivity index is 1.75. The Hall–Kier alpha value is -3.34. The van der Waals surface area contributed by atoms with Gasteiger partial charge >= 0.3 is 7.12 Å². The summed E-state index contributed by atoms with van der Waals surface area (Å²) in [7, 11) is -1.58. The molecule has 0 saturated carbocycles. The number of H-pyrrole nitrogens is 1. The zero-order chi connectivity index (χ0) is 19.1. The first-order chi connectivity index (χ1) is 13.7. The molecule has 1 aromatic heterocycles. The third-order valence-electron chi connectivity index (χ3n) is 5.26. The van der Waals surface area contributed by atoms with Crippen LogP contribution >= 0.6 is 0 Å². The van der Waals surface area contributed by atoms with Crippen LogP contribution in [0.5, 0.6) is 0 Å². The van der Waals surface area contributed by atoms with Gasteiger partial charge < -0.3 is 15.0 Å². The maximum absolute atomic E-state index is 10.2. The normalized spacial score (nSPS) is 11.2. The first-order valence-electron chi connectivity index (χ1n) is 9.28. The molecule has 4 heteroatoms. The van der Waals surface area contributed by atoms with Crippen molar-refractivity contribution >= 4 is 34.4 Å².